The molecule has 3 N–H and O–H groups in total. The number of imide groups is 2. The van der Waals surface area contributed by atoms with Crippen LogP contribution in [0.25, 0.3) is 6.08 Å². The van der Waals surface area contributed by atoms with E-state index in [-0.39, 0.29) is 27.1 Å². The predicted octanol–water partition coefficient (Wildman–Crippen LogP) is 3.29. The summed E-state index contributed by atoms with van der Waals surface area (Å²) < 4.78 is 5.91. The van der Waals surface area contributed by atoms with E-state index in [0.29, 0.717) is 5.56 Å². The molecular weight excluding hydrogens is 501 g/mol. The lowest BCUT2D eigenvalue weighted by atomic mass is 10.1. The van der Waals surface area contributed by atoms with Crippen LogP contribution in [0.3, 0.4) is 0 Å². The number of ether oxygens (including phenoxy) is 1. The fourth-order valence-electron chi connectivity index (χ4n) is 2.59. The maximum absolute atomic E-state index is 12.9. The summed E-state index contributed by atoms with van der Waals surface area (Å²) in [4.78, 5) is 49.1. The minimum absolute atomic E-state index is 0.0328. The molecule has 3 rings (SSSR count). The fourth-order valence-corrected chi connectivity index (χ4v) is 3.47. The van der Waals surface area contributed by atoms with Crippen molar-refractivity contribution in [1.82, 2.24) is 5.32 Å². The van der Waals surface area contributed by atoms with Crippen LogP contribution in [0.2, 0.25) is 10.0 Å². The predicted molar refractivity (Wildman–Crippen MR) is 114 cm³/mol. The number of hydrogen-bond donors (Lipinski definition) is 2. The van der Waals surface area contributed by atoms with Crippen molar-refractivity contribution in [1.29, 1.82) is 0 Å². The lowest BCUT2D eigenvalue weighted by Crippen LogP contribution is -2.54. The highest BCUT2D eigenvalue weighted by Gasteiger charge is 2.36. The number of benzene rings is 2. The van der Waals surface area contributed by atoms with Gasteiger partial charge in [0.2, 0.25) is 0 Å². The molecule has 0 aliphatic carbocycles. The molecule has 1 aliphatic heterocycles. The Bertz CT molecular complexity index is 1080. The van der Waals surface area contributed by atoms with E-state index in [4.69, 9.17) is 33.7 Å². The number of carbonyl (C=O) groups excluding carboxylic acids is 4. The van der Waals surface area contributed by atoms with E-state index in [1.54, 1.807) is 24.3 Å². The molecule has 0 bridgehead atoms. The maximum Gasteiger partial charge on any atom is 0.335 e. The van der Waals surface area contributed by atoms with Crippen molar-refractivity contribution in [3.8, 4) is 5.75 Å². The zero-order chi connectivity index (χ0) is 22.0. The summed E-state index contributed by atoms with van der Waals surface area (Å²) in [6.07, 6.45) is 1.24. The second-order valence-electron chi connectivity index (χ2n) is 6.00. The number of barbiturate groups is 1. The molecular formula is C19H12BrCl2N3O5. The van der Waals surface area contributed by atoms with Gasteiger partial charge in [-0.1, -0.05) is 39.1 Å². The Morgan fingerprint density at radius 2 is 1.73 bits per heavy atom. The third-order valence-corrected chi connectivity index (χ3v) is 4.97. The fraction of sp³-hybridized carbons (Fsp3) is 0.0526. The summed E-state index contributed by atoms with van der Waals surface area (Å²) in [5, 5.41) is 2.21. The Balaban J connectivity index is 1.96. The van der Waals surface area contributed by atoms with Crippen molar-refractivity contribution in [2.24, 2.45) is 5.73 Å². The Kier molecular flexibility index (Phi) is 6.45. The van der Waals surface area contributed by atoms with Crippen molar-refractivity contribution in [3.05, 3.63) is 62.1 Å². The first-order chi connectivity index (χ1) is 14.2. The Morgan fingerprint density at radius 1 is 1.13 bits per heavy atom. The number of anilines is 1. The molecule has 1 heterocycles. The Hall–Kier alpha value is -2.88. The number of primary amides is 1. The van der Waals surface area contributed by atoms with Crippen molar-refractivity contribution in [2.75, 3.05) is 11.5 Å². The van der Waals surface area contributed by atoms with E-state index >= 15 is 0 Å². The van der Waals surface area contributed by atoms with Crippen LogP contribution < -0.4 is 20.7 Å². The second kappa shape index (κ2) is 8.86. The van der Waals surface area contributed by atoms with E-state index in [9.17, 15) is 19.2 Å². The van der Waals surface area contributed by atoms with Gasteiger partial charge in [-0.15, -0.1) is 0 Å². The normalized spacial score (nSPS) is 15.4. The first-order valence-corrected chi connectivity index (χ1v) is 9.79. The molecule has 0 aromatic heterocycles. The standard InChI is InChI=1S/C19H12BrCl2N3O5/c20-10-1-3-11(4-2-10)25-18(28)12(17(27)24-19(25)29)5-9-6-13(21)16(14(22)7-9)30-8-15(23)26/h1-7H,8H2,(H2,23,26)(H,24,27,29)/b12-5+. The molecule has 5 amide bonds. The summed E-state index contributed by atoms with van der Waals surface area (Å²) in [5.41, 5.74) is 5.32. The summed E-state index contributed by atoms with van der Waals surface area (Å²) in [6.45, 7) is -0.426. The molecule has 0 radical (unpaired) electrons. The Morgan fingerprint density at radius 3 is 2.30 bits per heavy atom. The monoisotopic (exact) mass is 511 g/mol. The van der Waals surface area contributed by atoms with Crippen LogP contribution in [-0.4, -0.2) is 30.4 Å². The first-order valence-electron chi connectivity index (χ1n) is 8.24. The molecule has 0 spiro atoms. The smallest absolute Gasteiger partial charge is 0.335 e. The quantitative estimate of drug-likeness (QED) is 0.470. The number of amides is 5. The largest absolute Gasteiger partial charge is 0.481 e. The van der Waals surface area contributed by atoms with E-state index < -0.39 is 30.4 Å². The lowest BCUT2D eigenvalue weighted by Gasteiger charge is -2.26. The van der Waals surface area contributed by atoms with E-state index in [2.05, 4.69) is 21.2 Å². The zero-order valence-corrected chi connectivity index (χ0v) is 18.0. The number of halogens is 3. The van der Waals surface area contributed by atoms with Crippen LogP contribution in [-0.2, 0) is 14.4 Å². The third kappa shape index (κ3) is 4.64. The van der Waals surface area contributed by atoms with Gasteiger partial charge in [-0.3, -0.25) is 19.7 Å². The highest BCUT2D eigenvalue weighted by molar-refractivity contribution is 9.10. The summed E-state index contributed by atoms with van der Waals surface area (Å²) in [7, 11) is 0. The molecule has 8 nitrogen and oxygen atoms in total. The summed E-state index contributed by atoms with van der Waals surface area (Å²) in [6, 6.07) is 8.31. The Labute approximate surface area is 188 Å². The molecule has 154 valence electrons. The third-order valence-electron chi connectivity index (χ3n) is 3.88. The van der Waals surface area contributed by atoms with Crippen LogP contribution in [0.15, 0.2) is 46.4 Å². The molecule has 0 saturated carbocycles. The number of carbonyl (C=O) groups is 4. The van der Waals surface area contributed by atoms with Gasteiger partial charge >= 0.3 is 6.03 Å². The van der Waals surface area contributed by atoms with Crippen LogP contribution in [0.5, 0.6) is 5.75 Å². The van der Waals surface area contributed by atoms with Gasteiger partial charge in [0.05, 0.1) is 15.7 Å². The van der Waals surface area contributed by atoms with Gasteiger partial charge in [-0.25, -0.2) is 9.69 Å². The number of hydrogen-bond acceptors (Lipinski definition) is 5. The molecule has 1 fully saturated rings. The van der Waals surface area contributed by atoms with Gasteiger partial charge in [0.1, 0.15) is 5.57 Å². The average molecular weight is 513 g/mol. The number of urea groups is 1. The van der Waals surface area contributed by atoms with E-state index in [0.717, 1.165) is 9.37 Å². The van der Waals surface area contributed by atoms with Crippen molar-refractivity contribution in [3.63, 3.8) is 0 Å². The summed E-state index contributed by atoms with van der Waals surface area (Å²) >= 11 is 15.5. The number of nitrogens with one attached hydrogen (secondary N) is 1. The average Bonchev–Trinajstić information content (AvgIpc) is 2.65. The van der Waals surface area contributed by atoms with Gasteiger partial charge in [0, 0.05) is 4.47 Å². The maximum atomic E-state index is 12.9. The first kappa shape index (κ1) is 21.8. The van der Waals surface area contributed by atoms with Gasteiger partial charge in [-0.05, 0) is 48.0 Å². The molecule has 0 atom stereocenters. The molecule has 2 aromatic rings. The van der Waals surface area contributed by atoms with Gasteiger partial charge in [0.25, 0.3) is 17.7 Å². The minimum Gasteiger partial charge on any atom is -0.481 e. The van der Waals surface area contributed by atoms with Crippen LogP contribution in [0.4, 0.5) is 10.5 Å². The zero-order valence-electron chi connectivity index (χ0n) is 14.9. The van der Waals surface area contributed by atoms with Crippen LogP contribution >= 0.6 is 39.1 Å². The molecule has 1 saturated heterocycles. The van der Waals surface area contributed by atoms with Crippen molar-refractivity contribution in [2.45, 2.75) is 0 Å². The van der Waals surface area contributed by atoms with E-state index in [1.807, 2.05) is 0 Å². The van der Waals surface area contributed by atoms with E-state index in [1.165, 1.54) is 18.2 Å². The van der Waals surface area contributed by atoms with Gasteiger partial charge < -0.3 is 10.5 Å². The van der Waals surface area contributed by atoms with Crippen LogP contribution in [0, 0.1) is 0 Å². The van der Waals surface area contributed by atoms with Gasteiger partial charge in [0.15, 0.2) is 12.4 Å². The lowest BCUT2D eigenvalue weighted by molar-refractivity contribution is -0.123. The SMILES string of the molecule is NC(=O)COc1c(Cl)cc(/C=C2\C(=O)NC(=O)N(c3ccc(Br)cc3)C2=O)cc1Cl. The highest BCUT2D eigenvalue weighted by Crippen LogP contribution is 2.35. The highest BCUT2D eigenvalue weighted by atomic mass is 79.9. The number of nitrogens with two attached hydrogens (primary N) is 1. The molecule has 30 heavy (non-hydrogen) atoms. The number of nitrogens with zero attached hydrogens (tertiary/aromatic N) is 1. The molecule has 1 aliphatic rings. The van der Waals surface area contributed by atoms with Crippen molar-refractivity contribution < 1.29 is 23.9 Å². The number of rotatable bonds is 5. The van der Waals surface area contributed by atoms with Crippen LogP contribution in [0.1, 0.15) is 5.56 Å². The molecule has 2 aromatic carbocycles. The molecule has 11 heteroatoms. The van der Waals surface area contributed by atoms with Gasteiger partial charge in [-0.2, -0.15) is 0 Å². The minimum atomic E-state index is -0.865. The van der Waals surface area contributed by atoms with Crippen molar-refractivity contribution >= 4 is 74.6 Å². The summed E-state index contributed by atoms with van der Waals surface area (Å²) in [5.74, 6) is -2.35. The second-order valence-corrected chi connectivity index (χ2v) is 7.73. The topological polar surface area (TPSA) is 119 Å². The molecule has 0 unspecified atom stereocenters.